The number of carbonyl (C=O) groups is 3. The monoisotopic (exact) mass is 388 g/mol. The second kappa shape index (κ2) is 8.22. The van der Waals surface area contributed by atoms with Gasteiger partial charge in [-0.2, -0.15) is 0 Å². The number of benzene rings is 1. The zero-order chi connectivity index (χ0) is 19.4. The summed E-state index contributed by atoms with van der Waals surface area (Å²) in [4.78, 5) is 37.7. The summed E-state index contributed by atoms with van der Waals surface area (Å²) < 4.78 is 9.60. The van der Waals surface area contributed by atoms with Crippen LogP contribution in [0.4, 0.5) is 9.80 Å². The highest BCUT2D eigenvalue weighted by atomic mass is 32.1. The Balaban J connectivity index is 1.89. The van der Waals surface area contributed by atoms with E-state index in [-0.39, 0.29) is 5.91 Å². The molecule has 1 aliphatic carbocycles. The number of carbonyl (C=O) groups excluding carboxylic acids is 3. The Kier molecular flexibility index (Phi) is 5.75. The molecule has 0 spiro atoms. The molecule has 0 saturated carbocycles. The SMILES string of the molecule is COC(=O)NC(=O)c1c(NC(=O)c2ccc(OC)cc2)sc2c1CCCC2. The summed E-state index contributed by atoms with van der Waals surface area (Å²) >= 11 is 1.39. The van der Waals surface area contributed by atoms with Gasteiger partial charge in [-0.1, -0.05) is 0 Å². The van der Waals surface area contributed by atoms with Crippen LogP contribution in [0.1, 0.15) is 44.0 Å². The average molecular weight is 388 g/mol. The molecule has 27 heavy (non-hydrogen) atoms. The van der Waals surface area contributed by atoms with Gasteiger partial charge in [0, 0.05) is 10.4 Å². The minimum atomic E-state index is -0.830. The molecule has 2 aromatic rings. The highest BCUT2D eigenvalue weighted by Gasteiger charge is 2.27. The first-order valence-electron chi connectivity index (χ1n) is 8.52. The smallest absolute Gasteiger partial charge is 0.413 e. The van der Waals surface area contributed by atoms with Crippen molar-refractivity contribution in [3.05, 3.63) is 45.8 Å². The molecule has 0 atom stereocenters. The van der Waals surface area contributed by atoms with Crippen molar-refractivity contribution in [2.24, 2.45) is 0 Å². The van der Waals surface area contributed by atoms with E-state index in [1.54, 1.807) is 31.4 Å². The van der Waals surface area contributed by atoms with Crippen molar-refractivity contribution in [3.8, 4) is 5.75 Å². The van der Waals surface area contributed by atoms with E-state index in [0.29, 0.717) is 21.9 Å². The number of aryl methyl sites for hydroxylation is 1. The van der Waals surface area contributed by atoms with Gasteiger partial charge >= 0.3 is 6.09 Å². The minimum Gasteiger partial charge on any atom is -0.497 e. The fourth-order valence-electron chi connectivity index (χ4n) is 3.02. The fourth-order valence-corrected chi connectivity index (χ4v) is 4.30. The Morgan fingerprint density at radius 1 is 1.00 bits per heavy atom. The van der Waals surface area contributed by atoms with Crippen molar-refractivity contribution in [1.29, 1.82) is 0 Å². The number of thiophene rings is 1. The molecule has 0 unspecified atom stereocenters. The molecule has 0 saturated heterocycles. The number of amides is 3. The first-order valence-corrected chi connectivity index (χ1v) is 9.34. The van der Waals surface area contributed by atoms with E-state index in [1.165, 1.54) is 18.4 Å². The lowest BCUT2D eigenvalue weighted by Gasteiger charge is -2.12. The van der Waals surface area contributed by atoms with Crippen LogP contribution < -0.4 is 15.4 Å². The summed E-state index contributed by atoms with van der Waals surface area (Å²) in [7, 11) is 2.75. The average Bonchev–Trinajstić information content (AvgIpc) is 3.05. The third-order valence-electron chi connectivity index (χ3n) is 4.38. The molecule has 0 bridgehead atoms. The van der Waals surface area contributed by atoms with Crippen molar-refractivity contribution < 1.29 is 23.9 Å². The molecular formula is C19H20N2O5S. The van der Waals surface area contributed by atoms with Crippen molar-refractivity contribution in [1.82, 2.24) is 5.32 Å². The Bertz CT molecular complexity index is 873. The number of imide groups is 1. The predicted molar refractivity (Wildman–Crippen MR) is 102 cm³/mol. The number of fused-ring (bicyclic) bond motifs is 1. The lowest BCUT2D eigenvalue weighted by molar-refractivity contribution is 0.0937. The standard InChI is InChI=1S/C19H20N2O5S/c1-25-12-9-7-11(8-10-12)16(22)20-18-15(17(23)21-19(24)26-2)13-5-3-4-6-14(13)27-18/h7-10H,3-6H2,1-2H3,(H,20,22)(H,21,23,24). The molecule has 0 radical (unpaired) electrons. The largest absolute Gasteiger partial charge is 0.497 e. The third-order valence-corrected chi connectivity index (χ3v) is 5.59. The second-order valence-corrected chi connectivity index (χ2v) is 7.15. The topological polar surface area (TPSA) is 93.7 Å². The minimum absolute atomic E-state index is 0.330. The van der Waals surface area contributed by atoms with E-state index >= 15 is 0 Å². The number of hydrogen-bond acceptors (Lipinski definition) is 6. The fraction of sp³-hybridized carbons (Fsp3) is 0.316. The van der Waals surface area contributed by atoms with Crippen LogP contribution in [-0.2, 0) is 17.6 Å². The van der Waals surface area contributed by atoms with Crippen LogP contribution in [0.3, 0.4) is 0 Å². The van der Waals surface area contributed by atoms with Crippen molar-refractivity contribution in [3.63, 3.8) is 0 Å². The van der Waals surface area contributed by atoms with Crippen LogP contribution in [-0.4, -0.2) is 32.1 Å². The summed E-state index contributed by atoms with van der Waals surface area (Å²) in [5.74, 6) is -0.245. The molecule has 1 aromatic heterocycles. The van der Waals surface area contributed by atoms with Gasteiger partial charge in [-0.05, 0) is 55.5 Å². The van der Waals surface area contributed by atoms with Gasteiger partial charge in [0.15, 0.2) is 0 Å². The number of nitrogens with one attached hydrogen (secondary N) is 2. The summed E-state index contributed by atoms with van der Waals surface area (Å²) in [6.07, 6.45) is 2.78. The predicted octanol–water partition coefficient (Wildman–Crippen LogP) is 3.38. The number of rotatable bonds is 4. The summed E-state index contributed by atoms with van der Waals surface area (Å²) in [5.41, 5.74) is 1.70. The van der Waals surface area contributed by atoms with Crippen LogP contribution >= 0.6 is 11.3 Å². The summed E-state index contributed by atoms with van der Waals surface area (Å²) in [6, 6.07) is 6.68. The van der Waals surface area contributed by atoms with E-state index in [0.717, 1.165) is 36.1 Å². The molecule has 1 aliphatic rings. The highest BCUT2D eigenvalue weighted by molar-refractivity contribution is 7.17. The van der Waals surface area contributed by atoms with Crippen LogP contribution in [0, 0.1) is 0 Å². The Morgan fingerprint density at radius 3 is 2.37 bits per heavy atom. The highest BCUT2D eigenvalue weighted by Crippen LogP contribution is 2.38. The Morgan fingerprint density at radius 2 is 1.70 bits per heavy atom. The number of anilines is 1. The van der Waals surface area contributed by atoms with E-state index in [2.05, 4.69) is 15.4 Å². The number of alkyl carbamates (subject to hydrolysis) is 1. The molecule has 3 amide bonds. The molecule has 8 heteroatoms. The lowest BCUT2D eigenvalue weighted by atomic mass is 9.95. The van der Waals surface area contributed by atoms with E-state index in [9.17, 15) is 14.4 Å². The molecular weight excluding hydrogens is 368 g/mol. The van der Waals surface area contributed by atoms with Gasteiger partial charge < -0.3 is 14.8 Å². The lowest BCUT2D eigenvalue weighted by Crippen LogP contribution is -2.31. The van der Waals surface area contributed by atoms with Gasteiger partial charge in [-0.25, -0.2) is 4.79 Å². The van der Waals surface area contributed by atoms with Gasteiger partial charge in [0.05, 0.1) is 19.8 Å². The molecule has 7 nitrogen and oxygen atoms in total. The molecule has 0 fully saturated rings. The van der Waals surface area contributed by atoms with Crippen LogP contribution in [0.5, 0.6) is 5.75 Å². The quantitative estimate of drug-likeness (QED) is 0.837. The van der Waals surface area contributed by atoms with Crippen LogP contribution in [0.15, 0.2) is 24.3 Å². The zero-order valence-corrected chi connectivity index (χ0v) is 15.9. The van der Waals surface area contributed by atoms with Crippen molar-refractivity contribution in [2.75, 3.05) is 19.5 Å². The van der Waals surface area contributed by atoms with Gasteiger partial charge in [-0.15, -0.1) is 11.3 Å². The summed E-state index contributed by atoms with van der Waals surface area (Å²) in [5, 5.41) is 5.46. The zero-order valence-electron chi connectivity index (χ0n) is 15.1. The summed E-state index contributed by atoms with van der Waals surface area (Å²) in [6.45, 7) is 0. The van der Waals surface area contributed by atoms with Crippen LogP contribution in [0.2, 0.25) is 0 Å². The third kappa shape index (κ3) is 4.11. The maximum Gasteiger partial charge on any atom is 0.413 e. The Labute approximate surface area is 160 Å². The molecule has 142 valence electrons. The molecule has 1 heterocycles. The molecule has 0 aliphatic heterocycles. The molecule has 3 rings (SSSR count). The van der Waals surface area contributed by atoms with Gasteiger partial charge in [0.1, 0.15) is 10.8 Å². The Hall–Kier alpha value is -2.87. The first kappa shape index (κ1) is 18.9. The van der Waals surface area contributed by atoms with E-state index < -0.39 is 12.0 Å². The maximum atomic E-state index is 12.6. The van der Waals surface area contributed by atoms with Crippen molar-refractivity contribution >= 4 is 34.2 Å². The van der Waals surface area contributed by atoms with Crippen LogP contribution in [0.25, 0.3) is 0 Å². The normalized spacial score (nSPS) is 12.7. The van der Waals surface area contributed by atoms with E-state index in [1.807, 2.05) is 0 Å². The number of hydrogen-bond donors (Lipinski definition) is 2. The van der Waals surface area contributed by atoms with Gasteiger partial charge in [0.2, 0.25) is 0 Å². The maximum absolute atomic E-state index is 12.6. The van der Waals surface area contributed by atoms with Gasteiger partial charge in [-0.3, -0.25) is 14.9 Å². The molecule has 2 N–H and O–H groups in total. The molecule has 1 aromatic carbocycles. The first-order chi connectivity index (χ1) is 13.0. The van der Waals surface area contributed by atoms with E-state index in [4.69, 9.17) is 4.74 Å². The second-order valence-electron chi connectivity index (χ2n) is 6.04. The number of ether oxygens (including phenoxy) is 2. The van der Waals surface area contributed by atoms with Gasteiger partial charge in [0.25, 0.3) is 11.8 Å². The van der Waals surface area contributed by atoms with Crippen molar-refractivity contribution in [2.45, 2.75) is 25.7 Å². The number of methoxy groups -OCH3 is 2.